The van der Waals surface area contributed by atoms with Gasteiger partial charge in [0, 0.05) is 12.6 Å². The second kappa shape index (κ2) is 5.15. The van der Waals surface area contributed by atoms with Gasteiger partial charge in [-0.2, -0.15) is 0 Å². The van der Waals surface area contributed by atoms with Crippen molar-refractivity contribution in [2.45, 2.75) is 77.7 Å². The smallest absolute Gasteiger partial charge is 0.00130 e. The van der Waals surface area contributed by atoms with Gasteiger partial charge in [-0.3, -0.25) is 0 Å². The van der Waals surface area contributed by atoms with Gasteiger partial charge in [-0.25, -0.2) is 0 Å². The van der Waals surface area contributed by atoms with Gasteiger partial charge in [0.1, 0.15) is 0 Å². The van der Waals surface area contributed by atoms with Crippen molar-refractivity contribution in [3.05, 3.63) is 0 Å². The molecule has 1 heteroatoms. The van der Waals surface area contributed by atoms with Crippen LogP contribution in [0.5, 0.6) is 0 Å². The maximum absolute atomic E-state index is 3.79. The highest BCUT2D eigenvalue weighted by atomic mass is 14.9. The van der Waals surface area contributed by atoms with Crippen molar-refractivity contribution in [1.29, 1.82) is 0 Å². The highest BCUT2D eigenvalue weighted by Gasteiger charge is 2.51. The Morgan fingerprint density at radius 1 is 1.11 bits per heavy atom. The monoisotopic (exact) mass is 249 g/mol. The maximum atomic E-state index is 3.79. The summed E-state index contributed by atoms with van der Waals surface area (Å²) in [4.78, 5) is 0. The van der Waals surface area contributed by atoms with Crippen LogP contribution in [0.2, 0.25) is 0 Å². The average Bonchev–Trinajstić information content (AvgIpc) is 3.02. The lowest BCUT2D eigenvalue weighted by Gasteiger charge is -2.41. The van der Waals surface area contributed by atoms with Gasteiger partial charge in [-0.15, -0.1) is 0 Å². The molecule has 2 bridgehead atoms. The fraction of sp³-hybridized carbons (Fsp3) is 1.00. The van der Waals surface area contributed by atoms with E-state index in [0.717, 1.165) is 17.8 Å². The largest absolute Gasteiger partial charge is 0.314 e. The Labute approximate surface area is 113 Å². The van der Waals surface area contributed by atoms with E-state index in [1.165, 1.54) is 38.6 Å². The second-order valence-electron chi connectivity index (χ2n) is 7.83. The zero-order valence-corrected chi connectivity index (χ0v) is 12.4. The minimum absolute atomic E-state index is 0.657. The third kappa shape index (κ3) is 2.48. The summed E-state index contributed by atoms with van der Waals surface area (Å²) in [6, 6.07) is 0.657. The molecule has 1 nitrogen and oxygen atoms in total. The van der Waals surface area contributed by atoms with Crippen molar-refractivity contribution >= 4 is 0 Å². The van der Waals surface area contributed by atoms with Crippen LogP contribution in [0.3, 0.4) is 0 Å². The molecule has 0 spiro atoms. The minimum atomic E-state index is 0.657. The molecular formula is C17H31N. The third-order valence-corrected chi connectivity index (χ3v) is 6.13. The summed E-state index contributed by atoms with van der Waals surface area (Å²) >= 11 is 0. The summed E-state index contributed by atoms with van der Waals surface area (Å²) in [5.41, 5.74) is 0.697. The summed E-state index contributed by atoms with van der Waals surface area (Å²) < 4.78 is 0. The van der Waals surface area contributed by atoms with Crippen molar-refractivity contribution in [2.75, 3.05) is 6.54 Å². The highest BCUT2D eigenvalue weighted by molar-refractivity contribution is 5.02. The summed E-state index contributed by atoms with van der Waals surface area (Å²) in [5, 5.41) is 3.79. The first-order valence-electron chi connectivity index (χ1n) is 8.41. The zero-order valence-electron chi connectivity index (χ0n) is 12.4. The first kappa shape index (κ1) is 13.0. The summed E-state index contributed by atoms with van der Waals surface area (Å²) in [6.45, 7) is 5.91. The van der Waals surface area contributed by atoms with Crippen molar-refractivity contribution in [3.63, 3.8) is 0 Å². The van der Waals surface area contributed by atoms with Gasteiger partial charge in [0.15, 0.2) is 0 Å². The molecule has 0 heterocycles. The highest BCUT2D eigenvalue weighted by Crippen LogP contribution is 2.59. The number of hydrogen-bond donors (Lipinski definition) is 1. The van der Waals surface area contributed by atoms with Gasteiger partial charge in [0.05, 0.1) is 0 Å². The molecule has 0 aromatic rings. The quantitative estimate of drug-likeness (QED) is 0.763. The Hall–Kier alpha value is -0.0400. The Bertz CT molecular complexity index is 279. The predicted molar refractivity (Wildman–Crippen MR) is 77.6 cm³/mol. The van der Waals surface area contributed by atoms with Crippen LogP contribution in [-0.4, -0.2) is 12.6 Å². The van der Waals surface area contributed by atoms with Gasteiger partial charge in [0.25, 0.3) is 0 Å². The van der Waals surface area contributed by atoms with Crippen LogP contribution < -0.4 is 5.32 Å². The molecular weight excluding hydrogens is 218 g/mol. The molecule has 3 fully saturated rings. The van der Waals surface area contributed by atoms with E-state index in [1.807, 2.05) is 0 Å². The lowest BCUT2D eigenvalue weighted by Crippen LogP contribution is -2.42. The van der Waals surface area contributed by atoms with E-state index >= 15 is 0 Å². The van der Waals surface area contributed by atoms with E-state index in [-0.39, 0.29) is 0 Å². The van der Waals surface area contributed by atoms with Gasteiger partial charge < -0.3 is 5.32 Å². The Morgan fingerprint density at radius 2 is 1.89 bits per heavy atom. The van der Waals surface area contributed by atoms with Crippen LogP contribution in [0.4, 0.5) is 0 Å². The van der Waals surface area contributed by atoms with Crippen LogP contribution in [0.25, 0.3) is 0 Å². The molecule has 0 amide bonds. The summed E-state index contributed by atoms with van der Waals surface area (Å²) in [7, 11) is 0. The molecule has 104 valence electrons. The van der Waals surface area contributed by atoms with Crippen LogP contribution in [-0.2, 0) is 0 Å². The average molecular weight is 249 g/mol. The number of hydrogen-bond acceptors (Lipinski definition) is 1. The van der Waals surface area contributed by atoms with E-state index in [4.69, 9.17) is 0 Å². The van der Waals surface area contributed by atoms with Gasteiger partial charge in [0.2, 0.25) is 0 Å². The molecule has 3 aliphatic rings. The topological polar surface area (TPSA) is 12.0 Å². The molecule has 0 radical (unpaired) electrons. The molecule has 0 aromatic carbocycles. The second-order valence-corrected chi connectivity index (χ2v) is 7.83. The number of fused-ring (bicyclic) bond motifs is 2. The van der Waals surface area contributed by atoms with E-state index in [0.29, 0.717) is 11.5 Å². The van der Waals surface area contributed by atoms with Gasteiger partial charge >= 0.3 is 0 Å². The van der Waals surface area contributed by atoms with E-state index in [1.54, 1.807) is 25.7 Å². The molecule has 0 saturated heterocycles. The molecule has 18 heavy (non-hydrogen) atoms. The number of nitrogens with one attached hydrogen (secondary N) is 1. The Kier molecular flexibility index (Phi) is 3.71. The standard InChI is InChI=1S/C17H31N/c1-13(2)18-12-17(10-14-5-3-4-6-14)11-15-7-8-16(17)9-15/h13-16,18H,3-12H2,1-2H3. The molecule has 1 N–H and O–H groups in total. The van der Waals surface area contributed by atoms with Gasteiger partial charge in [-0.1, -0.05) is 46.0 Å². The first-order chi connectivity index (χ1) is 8.68. The van der Waals surface area contributed by atoms with Crippen LogP contribution in [0.15, 0.2) is 0 Å². The SMILES string of the molecule is CC(C)NCC1(CC2CCCC2)CC2CCC1C2. The fourth-order valence-electron chi connectivity index (χ4n) is 5.29. The zero-order chi connectivity index (χ0) is 12.6. The van der Waals surface area contributed by atoms with Crippen molar-refractivity contribution in [3.8, 4) is 0 Å². The molecule has 0 aromatic heterocycles. The predicted octanol–water partition coefficient (Wildman–Crippen LogP) is 4.37. The third-order valence-electron chi connectivity index (χ3n) is 6.13. The van der Waals surface area contributed by atoms with Crippen molar-refractivity contribution in [1.82, 2.24) is 5.32 Å². The normalized spacial score (nSPS) is 40.2. The van der Waals surface area contributed by atoms with Crippen LogP contribution >= 0.6 is 0 Å². The van der Waals surface area contributed by atoms with Gasteiger partial charge in [-0.05, 0) is 48.9 Å². The van der Waals surface area contributed by atoms with Crippen LogP contribution in [0.1, 0.15) is 71.6 Å². The molecule has 3 aliphatic carbocycles. The van der Waals surface area contributed by atoms with E-state index in [2.05, 4.69) is 19.2 Å². The Balaban J connectivity index is 1.67. The first-order valence-corrected chi connectivity index (χ1v) is 8.41. The number of rotatable bonds is 5. The molecule has 3 unspecified atom stereocenters. The molecule has 3 saturated carbocycles. The van der Waals surface area contributed by atoms with E-state index < -0.39 is 0 Å². The maximum Gasteiger partial charge on any atom is 0.00130 e. The molecule has 0 aliphatic heterocycles. The summed E-state index contributed by atoms with van der Waals surface area (Å²) in [5.74, 6) is 3.22. The lowest BCUT2D eigenvalue weighted by molar-refractivity contribution is 0.113. The van der Waals surface area contributed by atoms with E-state index in [9.17, 15) is 0 Å². The lowest BCUT2D eigenvalue weighted by atomic mass is 9.67. The minimum Gasteiger partial charge on any atom is -0.314 e. The molecule has 3 atom stereocenters. The van der Waals surface area contributed by atoms with Crippen molar-refractivity contribution in [2.24, 2.45) is 23.2 Å². The van der Waals surface area contributed by atoms with Crippen LogP contribution in [0, 0.1) is 23.2 Å². The van der Waals surface area contributed by atoms with Crippen molar-refractivity contribution < 1.29 is 0 Å². The molecule has 3 rings (SSSR count). The summed E-state index contributed by atoms with van der Waals surface area (Å²) in [6.07, 6.45) is 13.8. The Morgan fingerprint density at radius 3 is 2.44 bits per heavy atom. The fourth-order valence-corrected chi connectivity index (χ4v) is 5.29.